The minimum atomic E-state index is -0.226. The molecule has 0 saturated heterocycles. The molecule has 0 fully saturated rings. The first-order valence-corrected chi connectivity index (χ1v) is 5.00. The Kier molecular flexibility index (Phi) is 6.49. The molecule has 84 valence electrons. The van der Waals surface area contributed by atoms with E-state index in [4.69, 9.17) is 5.11 Å². The van der Waals surface area contributed by atoms with Crippen molar-refractivity contribution in [1.82, 2.24) is 5.32 Å². The second kappa shape index (κ2) is 6.79. The zero-order valence-electron chi connectivity index (χ0n) is 9.30. The number of methoxy groups -OCH3 is 1. The Morgan fingerprint density at radius 1 is 1.57 bits per heavy atom. The highest BCUT2D eigenvalue weighted by Crippen LogP contribution is 2.07. The number of esters is 1. The summed E-state index contributed by atoms with van der Waals surface area (Å²) in [6.45, 7) is 4.82. The summed E-state index contributed by atoms with van der Waals surface area (Å²) in [6, 6.07) is 0. The summed E-state index contributed by atoms with van der Waals surface area (Å²) >= 11 is 0. The van der Waals surface area contributed by atoms with E-state index in [2.05, 4.69) is 10.1 Å². The van der Waals surface area contributed by atoms with Gasteiger partial charge in [0.05, 0.1) is 13.7 Å². The molecule has 0 aromatic heterocycles. The Labute approximate surface area is 85.6 Å². The van der Waals surface area contributed by atoms with Gasteiger partial charge in [-0.25, -0.2) is 0 Å². The molecular weight excluding hydrogens is 182 g/mol. The van der Waals surface area contributed by atoms with Crippen molar-refractivity contribution in [2.24, 2.45) is 0 Å². The molecule has 1 atom stereocenters. The van der Waals surface area contributed by atoms with E-state index in [9.17, 15) is 4.79 Å². The number of carbonyl (C=O) groups excluding carboxylic acids is 1. The smallest absolute Gasteiger partial charge is 0.305 e. The summed E-state index contributed by atoms with van der Waals surface area (Å²) in [7, 11) is 1.39. The average Bonchev–Trinajstić information content (AvgIpc) is 2.23. The van der Waals surface area contributed by atoms with Crippen LogP contribution in [-0.4, -0.2) is 36.9 Å². The summed E-state index contributed by atoms with van der Waals surface area (Å²) in [5.41, 5.74) is -0.226. The molecule has 0 aliphatic heterocycles. The van der Waals surface area contributed by atoms with Gasteiger partial charge in [0.15, 0.2) is 0 Å². The molecule has 0 amide bonds. The van der Waals surface area contributed by atoms with Gasteiger partial charge >= 0.3 is 5.97 Å². The average molecular weight is 203 g/mol. The highest BCUT2D eigenvalue weighted by molar-refractivity contribution is 5.69. The fraction of sp³-hybridized carbons (Fsp3) is 0.900. The summed E-state index contributed by atoms with van der Waals surface area (Å²) in [4.78, 5) is 10.8. The van der Waals surface area contributed by atoms with Crippen LogP contribution in [0.4, 0.5) is 0 Å². The van der Waals surface area contributed by atoms with Crippen LogP contribution in [0.3, 0.4) is 0 Å². The molecule has 14 heavy (non-hydrogen) atoms. The maximum absolute atomic E-state index is 10.8. The van der Waals surface area contributed by atoms with Crippen LogP contribution in [0.5, 0.6) is 0 Å². The first-order chi connectivity index (χ1) is 6.58. The van der Waals surface area contributed by atoms with Gasteiger partial charge in [-0.15, -0.1) is 0 Å². The monoisotopic (exact) mass is 203 g/mol. The molecule has 2 N–H and O–H groups in total. The van der Waals surface area contributed by atoms with E-state index in [-0.39, 0.29) is 18.1 Å². The SMILES string of the molecule is CCC(C)(CO)NCCCC(=O)OC. The molecule has 0 aliphatic carbocycles. The molecule has 1 unspecified atom stereocenters. The molecule has 0 aliphatic rings. The third-order valence-electron chi connectivity index (χ3n) is 2.47. The molecule has 0 rings (SSSR count). The first kappa shape index (κ1) is 13.4. The molecule has 0 spiro atoms. The van der Waals surface area contributed by atoms with E-state index < -0.39 is 0 Å². The fourth-order valence-corrected chi connectivity index (χ4v) is 1.02. The van der Waals surface area contributed by atoms with Gasteiger partial charge in [0.1, 0.15) is 0 Å². The second-order valence-electron chi connectivity index (χ2n) is 3.68. The topological polar surface area (TPSA) is 58.6 Å². The van der Waals surface area contributed by atoms with Crippen molar-refractivity contribution < 1.29 is 14.6 Å². The number of carbonyl (C=O) groups is 1. The molecule has 4 nitrogen and oxygen atoms in total. The van der Waals surface area contributed by atoms with E-state index in [1.54, 1.807) is 0 Å². The fourth-order valence-electron chi connectivity index (χ4n) is 1.02. The van der Waals surface area contributed by atoms with Crippen LogP contribution in [-0.2, 0) is 9.53 Å². The first-order valence-electron chi connectivity index (χ1n) is 5.00. The highest BCUT2D eigenvalue weighted by Gasteiger charge is 2.19. The third-order valence-corrected chi connectivity index (χ3v) is 2.47. The van der Waals surface area contributed by atoms with Crippen LogP contribution in [0.1, 0.15) is 33.1 Å². The molecule has 0 bridgehead atoms. The van der Waals surface area contributed by atoms with E-state index >= 15 is 0 Å². The molecule has 0 aromatic carbocycles. The Balaban J connectivity index is 3.57. The van der Waals surface area contributed by atoms with Gasteiger partial charge in [-0.3, -0.25) is 4.79 Å². The van der Waals surface area contributed by atoms with Crippen molar-refractivity contribution >= 4 is 5.97 Å². The third kappa shape index (κ3) is 5.19. The van der Waals surface area contributed by atoms with Crippen LogP contribution in [0.15, 0.2) is 0 Å². The minimum absolute atomic E-state index is 0.113. The minimum Gasteiger partial charge on any atom is -0.469 e. The molecule has 0 heterocycles. The molecule has 0 radical (unpaired) electrons. The zero-order chi connectivity index (χ0) is 11.0. The van der Waals surface area contributed by atoms with Gasteiger partial charge in [-0.2, -0.15) is 0 Å². The predicted octanol–water partition coefficient (Wildman–Crippen LogP) is 0.690. The number of hydrogen-bond donors (Lipinski definition) is 2. The lowest BCUT2D eigenvalue weighted by atomic mass is 10.0. The van der Waals surface area contributed by atoms with Crippen molar-refractivity contribution in [3.8, 4) is 0 Å². The van der Waals surface area contributed by atoms with Crippen molar-refractivity contribution in [2.75, 3.05) is 20.3 Å². The van der Waals surface area contributed by atoms with Crippen LogP contribution in [0.2, 0.25) is 0 Å². The largest absolute Gasteiger partial charge is 0.469 e. The van der Waals surface area contributed by atoms with E-state index in [1.165, 1.54) is 7.11 Å². The molecular formula is C10H21NO3. The highest BCUT2D eigenvalue weighted by atomic mass is 16.5. The van der Waals surface area contributed by atoms with Crippen molar-refractivity contribution in [3.05, 3.63) is 0 Å². The Morgan fingerprint density at radius 2 is 2.21 bits per heavy atom. The maximum atomic E-state index is 10.8. The van der Waals surface area contributed by atoms with Gasteiger partial charge in [0, 0.05) is 12.0 Å². The maximum Gasteiger partial charge on any atom is 0.305 e. The summed E-state index contributed by atoms with van der Waals surface area (Å²) < 4.78 is 4.52. The zero-order valence-corrected chi connectivity index (χ0v) is 9.30. The number of nitrogens with one attached hydrogen (secondary N) is 1. The Morgan fingerprint density at radius 3 is 2.64 bits per heavy atom. The molecule has 0 saturated carbocycles. The van der Waals surface area contributed by atoms with Crippen molar-refractivity contribution in [1.29, 1.82) is 0 Å². The van der Waals surface area contributed by atoms with Crippen LogP contribution >= 0.6 is 0 Å². The number of rotatable bonds is 7. The van der Waals surface area contributed by atoms with E-state index in [0.717, 1.165) is 19.4 Å². The van der Waals surface area contributed by atoms with Gasteiger partial charge in [0.25, 0.3) is 0 Å². The van der Waals surface area contributed by atoms with Crippen molar-refractivity contribution in [2.45, 2.75) is 38.6 Å². The second-order valence-corrected chi connectivity index (χ2v) is 3.68. The quantitative estimate of drug-likeness (QED) is 0.472. The Bertz CT molecular complexity index is 167. The summed E-state index contributed by atoms with van der Waals surface area (Å²) in [5.74, 6) is -0.186. The summed E-state index contributed by atoms with van der Waals surface area (Å²) in [6.07, 6.45) is 2.03. The molecule has 0 aromatic rings. The van der Waals surface area contributed by atoms with Gasteiger partial charge in [-0.1, -0.05) is 6.92 Å². The molecule has 4 heteroatoms. The van der Waals surface area contributed by atoms with Crippen LogP contribution < -0.4 is 5.32 Å². The van der Waals surface area contributed by atoms with Crippen molar-refractivity contribution in [3.63, 3.8) is 0 Å². The van der Waals surface area contributed by atoms with Gasteiger partial charge in [-0.05, 0) is 26.3 Å². The standard InChI is InChI=1S/C10H21NO3/c1-4-10(2,8-12)11-7-5-6-9(13)14-3/h11-12H,4-8H2,1-3H3. The predicted molar refractivity (Wildman–Crippen MR) is 55.0 cm³/mol. The van der Waals surface area contributed by atoms with Crippen LogP contribution in [0.25, 0.3) is 0 Å². The number of aliphatic hydroxyl groups is 1. The van der Waals surface area contributed by atoms with E-state index in [1.807, 2.05) is 13.8 Å². The lowest BCUT2D eigenvalue weighted by molar-refractivity contribution is -0.140. The van der Waals surface area contributed by atoms with Gasteiger partial charge < -0.3 is 15.2 Å². The Hall–Kier alpha value is -0.610. The van der Waals surface area contributed by atoms with Gasteiger partial charge in [0.2, 0.25) is 0 Å². The number of hydrogen-bond acceptors (Lipinski definition) is 4. The summed E-state index contributed by atoms with van der Waals surface area (Å²) in [5, 5.41) is 12.3. The van der Waals surface area contributed by atoms with Crippen LogP contribution in [0, 0.1) is 0 Å². The normalized spacial score (nSPS) is 14.9. The lowest BCUT2D eigenvalue weighted by Gasteiger charge is -2.27. The number of ether oxygens (including phenoxy) is 1. The number of aliphatic hydroxyl groups excluding tert-OH is 1. The lowest BCUT2D eigenvalue weighted by Crippen LogP contribution is -2.45. The van der Waals surface area contributed by atoms with E-state index in [0.29, 0.717) is 6.42 Å².